The third-order valence-corrected chi connectivity index (χ3v) is 4.20. The summed E-state index contributed by atoms with van der Waals surface area (Å²) in [6.07, 6.45) is 12.3. The molecule has 0 aromatic carbocycles. The van der Waals surface area contributed by atoms with Crippen LogP contribution in [-0.4, -0.2) is 0 Å². The van der Waals surface area contributed by atoms with Gasteiger partial charge in [0.2, 0.25) is 0 Å². The fourth-order valence-electron chi connectivity index (χ4n) is 3.45. The SMILES string of the molecule is CCC1CC2CCCC1CCC2. The zero-order chi connectivity index (χ0) is 8.39. The van der Waals surface area contributed by atoms with Crippen LogP contribution in [0.15, 0.2) is 0 Å². The van der Waals surface area contributed by atoms with E-state index in [-0.39, 0.29) is 0 Å². The Labute approximate surface area is 76.7 Å². The molecule has 2 aliphatic carbocycles. The van der Waals surface area contributed by atoms with Gasteiger partial charge in [-0.3, -0.25) is 0 Å². The van der Waals surface area contributed by atoms with E-state index in [1.54, 1.807) is 32.1 Å². The number of hydrogen-bond donors (Lipinski definition) is 0. The van der Waals surface area contributed by atoms with Crippen LogP contribution in [0.1, 0.15) is 58.3 Å². The van der Waals surface area contributed by atoms with Crippen molar-refractivity contribution in [1.29, 1.82) is 0 Å². The van der Waals surface area contributed by atoms with E-state index in [1.165, 1.54) is 19.3 Å². The van der Waals surface area contributed by atoms with Gasteiger partial charge in [0.1, 0.15) is 0 Å². The molecule has 0 radical (unpaired) electrons. The zero-order valence-corrected chi connectivity index (χ0v) is 8.39. The van der Waals surface area contributed by atoms with E-state index in [0.717, 1.165) is 17.8 Å². The number of fused-ring (bicyclic) bond motifs is 3. The summed E-state index contributed by atoms with van der Waals surface area (Å²) in [4.78, 5) is 0. The van der Waals surface area contributed by atoms with E-state index in [2.05, 4.69) is 6.92 Å². The molecule has 0 nitrogen and oxygen atoms in total. The molecular formula is C12H22. The van der Waals surface area contributed by atoms with Gasteiger partial charge in [-0.1, -0.05) is 51.9 Å². The Morgan fingerprint density at radius 1 is 1.00 bits per heavy atom. The van der Waals surface area contributed by atoms with E-state index in [0.29, 0.717) is 0 Å². The first-order valence-corrected chi connectivity index (χ1v) is 5.90. The van der Waals surface area contributed by atoms with E-state index >= 15 is 0 Å². The molecule has 0 heterocycles. The van der Waals surface area contributed by atoms with Crippen LogP contribution < -0.4 is 0 Å². The largest absolute Gasteiger partial charge is 0.0651 e. The monoisotopic (exact) mass is 166 g/mol. The third-order valence-electron chi connectivity index (χ3n) is 4.20. The first-order valence-electron chi connectivity index (χ1n) is 5.90. The highest BCUT2D eigenvalue weighted by Crippen LogP contribution is 2.42. The molecule has 0 amide bonds. The van der Waals surface area contributed by atoms with Crippen molar-refractivity contribution in [2.75, 3.05) is 0 Å². The molecule has 0 N–H and O–H groups in total. The maximum atomic E-state index is 2.39. The highest BCUT2D eigenvalue weighted by Gasteiger charge is 2.29. The van der Waals surface area contributed by atoms with Crippen molar-refractivity contribution in [3.63, 3.8) is 0 Å². The predicted molar refractivity (Wildman–Crippen MR) is 53.1 cm³/mol. The highest BCUT2D eigenvalue weighted by atomic mass is 14.3. The van der Waals surface area contributed by atoms with E-state index in [9.17, 15) is 0 Å². The van der Waals surface area contributed by atoms with E-state index in [1.807, 2.05) is 0 Å². The Morgan fingerprint density at radius 3 is 2.25 bits per heavy atom. The van der Waals surface area contributed by atoms with Gasteiger partial charge in [0.15, 0.2) is 0 Å². The van der Waals surface area contributed by atoms with Crippen LogP contribution in [0.3, 0.4) is 0 Å². The van der Waals surface area contributed by atoms with Gasteiger partial charge in [-0.2, -0.15) is 0 Å². The number of rotatable bonds is 1. The summed E-state index contributed by atoms with van der Waals surface area (Å²) >= 11 is 0. The van der Waals surface area contributed by atoms with Crippen LogP contribution in [0, 0.1) is 17.8 Å². The average molecular weight is 166 g/mol. The second kappa shape index (κ2) is 3.81. The van der Waals surface area contributed by atoms with Gasteiger partial charge in [-0.15, -0.1) is 0 Å². The van der Waals surface area contributed by atoms with E-state index < -0.39 is 0 Å². The van der Waals surface area contributed by atoms with Crippen LogP contribution in [0.25, 0.3) is 0 Å². The van der Waals surface area contributed by atoms with Crippen LogP contribution in [0.2, 0.25) is 0 Å². The molecule has 2 bridgehead atoms. The van der Waals surface area contributed by atoms with Gasteiger partial charge in [-0.05, 0) is 24.2 Å². The first-order chi connectivity index (χ1) is 5.90. The smallest absolute Gasteiger partial charge is 0.0386 e. The van der Waals surface area contributed by atoms with Crippen molar-refractivity contribution in [1.82, 2.24) is 0 Å². The van der Waals surface area contributed by atoms with Crippen LogP contribution in [0.5, 0.6) is 0 Å². The Bertz CT molecular complexity index is 129. The maximum Gasteiger partial charge on any atom is -0.0386 e. The van der Waals surface area contributed by atoms with Crippen molar-refractivity contribution in [3.05, 3.63) is 0 Å². The lowest BCUT2D eigenvalue weighted by atomic mass is 9.84. The first kappa shape index (κ1) is 8.59. The lowest BCUT2D eigenvalue weighted by Gasteiger charge is -2.21. The molecule has 1 atom stereocenters. The van der Waals surface area contributed by atoms with Crippen molar-refractivity contribution >= 4 is 0 Å². The molecule has 2 saturated carbocycles. The Balaban J connectivity index is 2.06. The second-order valence-electron chi connectivity index (χ2n) is 4.89. The van der Waals surface area contributed by atoms with Crippen LogP contribution >= 0.6 is 0 Å². The Hall–Kier alpha value is 0. The van der Waals surface area contributed by atoms with Crippen LogP contribution in [-0.2, 0) is 0 Å². The summed E-state index contributed by atoms with van der Waals surface area (Å²) in [5.41, 5.74) is 0. The minimum absolute atomic E-state index is 1.10. The van der Waals surface area contributed by atoms with Crippen molar-refractivity contribution in [2.45, 2.75) is 58.3 Å². The van der Waals surface area contributed by atoms with Crippen molar-refractivity contribution < 1.29 is 0 Å². The van der Waals surface area contributed by atoms with Gasteiger partial charge < -0.3 is 0 Å². The quantitative estimate of drug-likeness (QED) is 0.552. The molecule has 12 heavy (non-hydrogen) atoms. The Kier molecular flexibility index (Phi) is 2.73. The molecule has 0 saturated heterocycles. The van der Waals surface area contributed by atoms with Crippen molar-refractivity contribution in [2.24, 2.45) is 17.8 Å². The molecule has 0 aromatic rings. The third kappa shape index (κ3) is 1.67. The molecule has 2 aliphatic rings. The molecule has 0 spiro atoms. The summed E-state index contributed by atoms with van der Waals surface area (Å²) in [5, 5.41) is 0. The summed E-state index contributed by atoms with van der Waals surface area (Å²) in [6, 6.07) is 0. The summed E-state index contributed by atoms with van der Waals surface area (Å²) < 4.78 is 0. The highest BCUT2D eigenvalue weighted by molar-refractivity contribution is 4.81. The van der Waals surface area contributed by atoms with Crippen LogP contribution in [0.4, 0.5) is 0 Å². The number of hydrogen-bond acceptors (Lipinski definition) is 0. The lowest BCUT2D eigenvalue weighted by Crippen LogP contribution is -2.11. The summed E-state index contributed by atoms with van der Waals surface area (Å²) in [6.45, 7) is 2.39. The molecule has 0 heteroatoms. The van der Waals surface area contributed by atoms with E-state index in [4.69, 9.17) is 0 Å². The lowest BCUT2D eigenvalue weighted by molar-refractivity contribution is 0.294. The summed E-state index contributed by atoms with van der Waals surface area (Å²) in [7, 11) is 0. The predicted octanol–water partition coefficient (Wildman–Crippen LogP) is 4.00. The van der Waals surface area contributed by atoms with Gasteiger partial charge in [-0.25, -0.2) is 0 Å². The van der Waals surface area contributed by atoms with Gasteiger partial charge in [0.25, 0.3) is 0 Å². The molecule has 2 fully saturated rings. The Morgan fingerprint density at radius 2 is 1.67 bits per heavy atom. The molecule has 0 aliphatic heterocycles. The van der Waals surface area contributed by atoms with Crippen molar-refractivity contribution in [3.8, 4) is 0 Å². The molecule has 0 aromatic heterocycles. The fourth-order valence-corrected chi connectivity index (χ4v) is 3.45. The molecular weight excluding hydrogens is 144 g/mol. The zero-order valence-electron chi connectivity index (χ0n) is 8.39. The van der Waals surface area contributed by atoms with Gasteiger partial charge >= 0.3 is 0 Å². The second-order valence-corrected chi connectivity index (χ2v) is 4.89. The summed E-state index contributed by atoms with van der Waals surface area (Å²) in [5.74, 6) is 3.32. The minimum atomic E-state index is 1.10. The maximum absolute atomic E-state index is 2.39. The standard InChI is InChI=1S/C12H22/c1-2-11-9-10-5-3-7-12(11)8-4-6-10/h10-12H,2-9H2,1H3. The van der Waals surface area contributed by atoms with Gasteiger partial charge in [0, 0.05) is 0 Å². The minimum Gasteiger partial charge on any atom is -0.0651 e. The van der Waals surface area contributed by atoms with Gasteiger partial charge in [0.05, 0.1) is 0 Å². The topological polar surface area (TPSA) is 0 Å². The fraction of sp³-hybridized carbons (Fsp3) is 1.00. The average Bonchev–Trinajstić information content (AvgIpc) is 2.33. The molecule has 2 rings (SSSR count). The normalized spacial score (nSPS) is 42.2. The molecule has 1 unspecified atom stereocenters. The molecule has 70 valence electrons.